The van der Waals surface area contributed by atoms with E-state index in [0.717, 1.165) is 23.8 Å². The van der Waals surface area contributed by atoms with Gasteiger partial charge in [0.15, 0.2) is 0 Å². The minimum Gasteiger partial charge on any atom is -0.271 e. The van der Waals surface area contributed by atoms with Crippen molar-refractivity contribution in [1.29, 1.82) is 0 Å². The summed E-state index contributed by atoms with van der Waals surface area (Å²) < 4.78 is 2.18. The van der Waals surface area contributed by atoms with Gasteiger partial charge in [0.2, 0.25) is 0 Å². The van der Waals surface area contributed by atoms with Crippen LogP contribution in [-0.4, -0.2) is 27.3 Å². The second-order valence-electron chi connectivity index (χ2n) is 6.58. The van der Waals surface area contributed by atoms with Crippen LogP contribution in [0.2, 0.25) is 0 Å². The molecular weight excluding hydrogens is 280 g/mol. The molecule has 1 aromatic heterocycles. The van der Waals surface area contributed by atoms with Gasteiger partial charge in [-0.3, -0.25) is 16.0 Å². The summed E-state index contributed by atoms with van der Waals surface area (Å²) in [7, 11) is 0. The molecule has 0 aromatic carbocycles. The third-order valence-corrected chi connectivity index (χ3v) is 5.61. The van der Waals surface area contributed by atoms with Crippen LogP contribution in [0.15, 0.2) is 12.3 Å². The van der Waals surface area contributed by atoms with E-state index in [2.05, 4.69) is 36.2 Å². The lowest BCUT2D eigenvalue weighted by Crippen LogP contribution is -2.39. The first-order valence-corrected chi connectivity index (χ1v) is 9.42. The molecule has 0 saturated heterocycles. The summed E-state index contributed by atoms with van der Waals surface area (Å²) in [5.74, 6) is 8.66. The molecule has 1 atom stereocenters. The molecule has 1 heterocycles. The maximum atomic E-state index is 5.69. The predicted molar refractivity (Wildman–Crippen MR) is 91.3 cm³/mol. The van der Waals surface area contributed by atoms with Crippen molar-refractivity contribution in [3.63, 3.8) is 0 Å². The van der Waals surface area contributed by atoms with Crippen LogP contribution >= 0.6 is 11.8 Å². The zero-order chi connectivity index (χ0) is 15.1. The van der Waals surface area contributed by atoms with Gasteiger partial charge in [-0.15, -0.1) is 0 Å². The molecule has 1 aliphatic rings. The van der Waals surface area contributed by atoms with Crippen molar-refractivity contribution in [2.24, 2.45) is 11.8 Å². The fourth-order valence-corrected chi connectivity index (χ4v) is 4.01. The molecule has 120 valence electrons. The van der Waals surface area contributed by atoms with E-state index >= 15 is 0 Å². The lowest BCUT2D eigenvalue weighted by Gasteiger charge is -2.22. The van der Waals surface area contributed by atoms with Crippen LogP contribution in [0.3, 0.4) is 0 Å². The smallest absolute Gasteiger partial charge is 0.0641 e. The van der Waals surface area contributed by atoms with Gasteiger partial charge in [0.1, 0.15) is 0 Å². The maximum Gasteiger partial charge on any atom is 0.0641 e. The number of hydrogen-bond donors (Lipinski definition) is 2. The molecule has 0 amide bonds. The lowest BCUT2D eigenvalue weighted by atomic mass is 9.96. The zero-order valence-electron chi connectivity index (χ0n) is 13.4. The van der Waals surface area contributed by atoms with Crippen molar-refractivity contribution in [2.75, 3.05) is 11.5 Å². The Labute approximate surface area is 133 Å². The van der Waals surface area contributed by atoms with Crippen LogP contribution < -0.4 is 11.3 Å². The van der Waals surface area contributed by atoms with Crippen LogP contribution in [0.4, 0.5) is 0 Å². The summed E-state index contributed by atoms with van der Waals surface area (Å²) in [6, 6.07) is 3.09. The van der Waals surface area contributed by atoms with Crippen molar-refractivity contribution in [3.8, 4) is 0 Å². The molecule has 5 heteroatoms. The van der Waals surface area contributed by atoms with Crippen LogP contribution in [-0.2, 0) is 6.42 Å². The van der Waals surface area contributed by atoms with E-state index in [1.54, 1.807) is 0 Å². The average Bonchev–Trinajstić information content (AvgIpc) is 2.95. The first-order chi connectivity index (χ1) is 10.2. The molecule has 0 radical (unpaired) electrons. The van der Waals surface area contributed by atoms with Crippen molar-refractivity contribution >= 4 is 11.8 Å². The first-order valence-electron chi connectivity index (χ1n) is 8.27. The number of aromatic nitrogens is 2. The van der Waals surface area contributed by atoms with Crippen LogP contribution in [0, 0.1) is 5.92 Å². The Kier molecular flexibility index (Phi) is 7.07. The largest absolute Gasteiger partial charge is 0.271 e. The molecule has 3 N–H and O–H groups in total. The van der Waals surface area contributed by atoms with E-state index in [0.29, 0.717) is 12.1 Å². The predicted octanol–water partition coefficient (Wildman–Crippen LogP) is 3.15. The van der Waals surface area contributed by atoms with Gasteiger partial charge in [0.25, 0.3) is 0 Å². The molecule has 0 aliphatic heterocycles. The van der Waals surface area contributed by atoms with Crippen molar-refractivity contribution in [1.82, 2.24) is 15.2 Å². The van der Waals surface area contributed by atoms with Gasteiger partial charge in [-0.1, -0.05) is 33.1 Å². The van der Waals surface area contributed by atoms with Gasteiger partial charge in [-0.25, -0.2) is 0 Å². The van der Waals surface area contributed by atoms with Gasteiger partial charge >= 0.3 is 0 Å². The van der Waals surface area contributed by atoms with E-state index in [9.17, 15) is 0 Å². The Balaban J connectivity index is 1.82. The lowest BCUT2D eigenvalue weighted by molar-refractivity contribution is 0.327. The van der Waals surface area contributed by atoms with E-state index in [1.807, 2.05) is 11.8 Å². The SMILES string of the molecule is CC(C)CSCC(Cc1ccn(C2CCCCC2)n1)NN. The second kappa shape index (κ2) is 8.81. The van der Waals surface area contributed by atoms with Gasteiger partial charge in [-0.05, 0) is 30.6 Å². The topological polar surface area (TPSA) is 55.9 Å². The second-order valence-corrected chi connectivity index (χ2v) is 7.65. The Hall–Kier alpha value is -0.520. The minimum absolute atomic E-state index is 0.309. The van der Waals surface area contributed by atoms with Crippen molar-refractivity contribution in [3.05, 3.63) is 18.0 Å². The Morgan fingerprint density at radius 3 is 2.76 bits per heavy atom. The van der Waals surface area contributed by atoms with Crippen molar-refractivity contribution < 1.29 is 0 Å². The highest BCUT2D eigenvalue weighted by Crippen LogP contribution is 2.27. The highest BCUT2D eigenvalue weighted by Gasteiger charge is 2.17. The summed E-state index contributed by atoms with van der Waals surface area (Å²) in [5.41, 5.74) is 4.10. The summed E-state index contributed by atoms with van der Waals surface area (Å²) in [6.07, 6.45) is 9.71. The van der Waals surface area contributed by atoms with E-state index in [4.69, 9.17) is 10.9 Å². The number of hydrazine groups is 1. The van der Waals surface area contributed by atoms with E-state index in [-0.39, 0.29) is 0 Å². The Morgan fingerprint density at radius 1 is 1.33 bits per heavy atom. The molecule has 1 saturated carbocycles. The highest BCUT2D eigenvalue weighted by atomic mass is 32.2. The molecule has 1 unspecified atom stereocenters. The third-order valence-electron chi connectivity index (χ3n) is 4.07. The molecule has 1 aliphatic carbocycles. The number of rotatable bonds is 8. The fourth-order valence-electron chi connectivity index (χ4n) is 2.90. The quantitative estimate of drug-likeness (QED) is 0.572. The molecule has 0 spiro atoms. The van der Waals surface area contributed by atoms with Crippen LogP contribution in [0.5, 0.6) is 0 Å². The summed E-state index contributed by atoms with van der Waals surface area (Å²) in [4.78, 5) is 0. The standard InChI is InChI=1S/C16H30N4S/c1-13(2)11-21-12-15(18-17)10-14-8-9-20(19-14)16-6-4-3-5-7-16/h8-9,13,15-16,18H,3-7,10-12,17H2,1-2H3. The number of nitrogens with zero attached hydrogens (tertiary/aromatic N) is 2. The summed E-state index contributed by atoms with van der Waals surface area (Å²) in [5, 5.41) is 4.78. The fraction of sp³-hybridized carbons (Fsp3) is 0.812. The molecule has 21 heavy (non-hydrogen) atoms. The highest BCUT2D eigenvalue weighted by molar-refractivity contribution is 7.99. The molecule has 2 rings (SSSR count). The molecule has 1 fully saturated rings. The summed E-state index contributed by atoms with van der Waals surface area (Å²) >= 11 is 1.97. The van der Waals surface area contributed by atoms with E-state index < -0.39 is 0 Å². The Bertz CT molecular complexity index is 399. The Morgan fingerprint density at radius 2 is 2.10 bits per heavy atom. The maximum absolute atomic E-state index is 5.69. The molecule has 0 bridgehead atoms. The first kappa shape index (κ1) is 16.8. The van der Waals surface area contributed by atoms with Gasteiger partial charge < -0.3 is 0 Å². The van der Waals surface area contributed by atoms with Crippen LogP contribution in [0.1, 0.15) is 57.7 Å². The molecular formula is C16H30N4S. The average molecular weight is 311 g/mol. The van der Waals surface area contributed by atoms with Gasteiger partial charge in [-0.2, -0.15) is 16.9 Å². The monoisotopic (exact) mass is 310 g/mol. The molecule has 1 aromatic rings. The third kappa shape index (κ3) is 5.64. The van der Waals surface area contributed by atoms with Gasteiger partial charge in [0, 0.05) is 24.4 Å². The number of thioether (sulfide) groups is 1. The summed E-state index contributed by atoms with van der Waals surface area (Å²) in [6.45, 7) is 4.51. The molecule has 4 nitrogen and oxygen atoms in total. The number of nitrogens with two attached hydrogens (primary N) is 1. The van der Waals surface area contributed by atoms with Crippen LogP contribution in [0.25, 0.3) is 0 Å². The van der Waals surface area contributed by atoms with E-state index in [1.165, 1.54) is 37.9 Å². The normalized spacial score (nSPS) is 18.3. The number of nitrogens with one attached hydrogen (secondary N) is 1. The number of hydrogen-bond acceptors (Lipinski definition) is 4. The zero-order valence-corrected chi connectivity index (χ0v) is 14.2. The van der Waals surface area contributed by atoms with Gasteiger partial charge in [0.05, 0.1) is 11.7 Å². The minimum atomic E-state index is 0.309. The van der Waals surface area contributed by atoms with Crippen molar-refractivity contribution in [2.45, 2.75) is 64.5 Å².